The lowest BCUT2D eigenvalue weighted by Gasteiger charge is -2.36. The maximum atomic E-state index is 5.71. The van der Waals surface area contributed by atoms with Gasteiger partial charge in [0.05, 0.1) is 7.11 Å². The summed E-state index contributed by atoms with van der Waals surface area (Å²) in [6, 6.07) is 9.85. The van der Waals surface area contributed by atoms with Crippen molar-refractivity contribution in [3.8, 4) is 5.75 Å². The van der Waals surface area contributed by atoms with Crippen molar-refractivity contribution in [3.63, 3.8) is 0 Å². The van der Waals surface area contributed by atoms with Gasteiger partial charge in [0.15, 0.2) is 0 Å². The Morgan fingerprint density at radius 1 is 1.10 bits per heavy atom. The molecule has 0 unspecified atom stereocenters. The van der Waals surface area contributed by atoms with Gasteiger partial charge in [0.2, 0.25) is 5.95 Å². The summed E-state index contributed by atoms with van der Waals surface area (Å²) in [5.41, 5.74) is 6.90. The molecule has 2 heterocycles. The smallest absolute Gasteiger partial charge is 0.227 e. The highest BCUT2D eigenvalue weighted by molar-refractivity contribution is 5.52. The molecule has 2 N–H and O–H groups in total. The molecular formula is C15H19N5O. The Morgan fingerprint density at radius 3 is 2.57 bits per heavy atom. The Labute approximate surface area is 124 Å². The van der Waals surface area contributed by atoms with Gasteiger partial charge in [0, 0.05) is 44.1 Å². The molecule has 0 bridgehead atoms. The first-order valence-corrected chi connectivity index (χ1v) is 6.99. The van der Waals surface area contributed by atoms with Crippen LogP contribution in [0.4, 0.5) is 17.5 Å². The molecule has 0 spiro atoms. The number of methoxy groups -OCH3 is 1. The summed E-state index contributed by atoms with van der Waals surface area (Å²) < 4.78 is 5.28. The van der Waals surface area contributed by atoms with Crippen LogP contribution in [-0.4, -0.2) is 43.3 Å². The molecule has 3 rings (SSSR count). The van der Waals surface area contributed by atoms with Crippen LogP contribution in [0.15, 0.2) is 36.5 Å². The van der Waals surface area contributed by atoms with Crippen LogP contribution < -0.4 is 20.3 Å². The van der Waals surface area contributed by atoms with Gasteiger partial charge in [0.25, 0.3) is 0 Å². The SMILES string of the molecule is COc1cccc(N2CCN(c3nccc(N)n3)CC2)c1. The van der Waals surface area contributed by atoms with E-state index in [4.69, 9.17) is 10.5 Å². The lowest BCUT2D eigenvalue weighted by atomic mass is 10.2. The van der Waals surface area contributed by atoms with Crippen LogP contribution in [0.3, 0.4) is 0 Å². The first-order valence-electron chi connectivity index (χ1n) is 6.99. The van der Waals surface area contributed by atoms with Crippen LogP contribution >= 0.6 is 0 Å². The number of nitrogens with two attached hydrogens (primary N) is 1. The molecule has 0 atom stereocenters. The standard InChI is InChI=1S/C15H19N5O/c1-21-13-4-2-3-12(11-13)19-7-9-20(10-8-19)15-17-6-5-14(16)18-15/h2-6,11H,7-10H2,1H3,(H2,16,17,18). The van der Waals surface area contributed by atoms with Crippen LogP contribution in [-0.2, 0) is 0 Å². The van der Waals surface area contributed by atoms with Crippen LogP contribution in [0, 0.1) is 0 Å². The predicted molar refractivity (Wildman–Crippen MR) is 83.9 cm³/mol. The minimum absolute atomic E-state index is 0.509. The number of hydrogen-bond donors (Lipinski definition) is 1. The number of anilines is 3. The third kappa shape index (κ3) is 2.99. The van der Waals surface area contributed by atoms with E-state index in [2.05, 4.69) is 31.9 Å². The number of ether oxygens (including phenoxy) is 1. The second kappa shape index (κ2) is 5.87. The van der Waals surface area contributed by atoms with E-state index in [1.807, 2.05) is 12.1 Å². The predicted octanol–water partition coefficient (Wildman–Crippen LogP) is 1.39. The highest BCUT2D eigenvalue weighted by atomic mass is 16.5. The Morgan fingerprint density at radius 2 is 1.86 bits per heavy atom. The molecule has 1 saturated heterocycles. The lowest BCUT2D eigenvalue weighted by molar-refractivity contribution is 0.414. The van der Waals surface area contributed by atoms with Gasteiger partial charge in [-0.1, -0.05) is 6.07 Å². The number of piperazine rings is 1. The molecular weight excluding hydrogens is 266 g/mol. The summed E-state index contributed by atoms with van der Waals surface area (Å²) >= 11 is 0. The summed E-state index contributed by atoms with van der Waals surface area (Å²) in [6.07, 6.45) is 1.70. The normalized spacial score (nSPS) is 15.1. The highest BCUT2D eigenvalue weighted by Gasteiger charge is 2.19. The molecule has 21 heavy (non-hydrogen) atoms. The Kier molecular flexibility index (Phi) is 3.77. The summed E-state index contributed by atoms with van der Waals surface area (Å²) in [5, 5.41) is 0. The van der Waals surface area contributed by atoms with E-state index in [9.17, 15) is 0 Å². The summed E-state index contributed by atoms with van der Waals surface area (Å²) in [6.45, 7) is 3.60. The lowest BCUT2D eigenvalue weighted by Crippen LogP contribution is -2.47. The minimum atomic E-state index is 0.509. The van der Waals surface area contributed by atoms with Crippen LogP contribution in [0.25, 0.3) is 0 Å². The van der Waals surface area contributed by atoms with Crippen LogP contribution in [0.1, 0.15) is 0 Å². The van der Waals surface area contributed by atoms with E-state index >= 15 is 0 Å². The van der Waals surface area contributed by atoms with Crippen molar-refractivity contribution in [2.45, 2.75) is 0 Å². The molecule has 0 aliphatic carbocycles. The molecule has 0 amide bonds. The number of nitrogen functional groups attached to an aromatic ring is 1. The average molecular weight is 285 g/mol. The van der Waals surface area contributed by atoms with Gasteiger partial charge < -0.3 is 20.3 Å². The number of aromatic nitrogens is 2. The fourth-order valence-electron chi connectivity index (χ4n) is 2.49. The third-order valence-electron chi connectivity index (χ3n) is 3.65. The topological polar surface area (TPSA) is 67.5 Å². The van der Waals surface area contributed by atoms with Gasteiger partial charge in [-0.3, -0.25) is 0 Å². The van der Waals surface area contributed by atoms with E-state index in [1.165, 1.54) is 5.69 Å². The Hall–Kier alpha value is -2.50. The highest BCUT2D eigenvalue weighted by Crippen LogP contribution is 2.23. The molecule has 1 aromatic carbocycles. The molecule has 0 radical (unpaired) electrons. The van der Waals surface area contributed by atoms with Gasteiger partial charge in [-0.05, 0) is 18.2 Å². The van der Waals surface area contributed by atoms with Crippen LogP contribution in [0.2, 0.25) is 0 Å². The molecule has 1 fully saturated rings. The summed E-state index contributed by atoms with van der Waals surface area (Å²) in [4.78, 5) is 13.1. The van der Waals surface area contributed by atoms with Crippen molar-refractivity contribution in [1.29, 1.82) is 0 Å². The molecule has 2 aromatic rings. The Bertz CT molecular complexity index is 611. The van der Waals surface area contributed by atoms with E-state index in [0.29, 0.717) is 11.8 Å². The van der Waals surface area contributed by atoms with Gasteiger partial charge in [0.1, 0.15) is 11.6 Å². The maximum Gasteiger partial charge on any atom is 0.227 e. The van der Waals surface area contributed by atoms with Crippen molar-refractivity contribution in [2.75, 3.05) is 48.8 Å². The van der Waals surface area contributed by atoms with Gasteiger partial charge >= 0.3 is 0 Å². The van der Waals surface area contributed by atoms with Gasteiger partial charge in [-0.25, -0.2) is 4.98 Å². The molecule has 1 aliphatic rings. The van der Waals surface area contributed by atoms with Crippen molar-refractivity contribution < 1.29 is 4.74 Å². The third-order valence-corrected chi connectivity index (χ3v) is 3.65. The van der Waals surface area contributed by atoms with E-state index in [0.717, 1.165) is 31.9 Å². The maximum absolute atomic E-state index is 5.71. The fraction of sp³-hybridized carbons (Fsp3) is 0.333. The largest absolute Gasteiger partial charge is 0.497 e. The number of hydrogen-bond acceptors (Lipinski definition) is 6. The van der Waals surface area contributed by atoms with E-state index in [-0.39, 0.29) is 0 Å². The molecule has 0 saturated carbocycles. The van der Waals surface area contributed by atoms with Crippen molar-refractivity contribution in [1.82, 2.24) is 9.97 Å². The summed E-state index contributed by atoms with van der Waals surface area (Å²) in [7, 11) is 1.69. The minimum Gasteiger partial charge on any atom is -0.497 e. The average Bonchev–Trinajstić information content (AvgIpc) is 2.55. The number of benzene rings is 1. The van der Waals surface area contributed by atoms with Gasteiger partial charge in [-0.2, -0.15) is 4.98 Å². The number of rotatable bonds is 3. The zero-order valence-electron chi connectivity index (χ0n) is 12.1. The molecule has 6 nitrogen and oxygen atoms in total. The zero-order valence-corrected chi connectivity index (χ0v) is 12.1. The quantitative estimate of drug-likeness (QED) is 0.919. The van der Waals surface area contributed by atoms with Gasteiger partial charge in [-0.15, -0.1) is 0 Å². The van der Waals surface area contributed by atoms with Crippen LogP contribution in [0.5, 0.6) is 5.75 Å². The zero-order chi connectivity index (χ0) is 14.7. The first kappa shape index (κ1) is 13.5. The van der Waals surface area contributed by atoms with Crippen molar-refractivity contribution in [3.05, 3.63) is 36.5 Å². The molecule has 6 heteroatoms. The van der Waals surface area contributed by atoms with Crippen molar-refractivity contribution in [2.24, 2.45) is 0 Å². The summed E-state index contributed by atoms with van der Waals surface area (Å²) in [5.74, 6) is 2.10. The van der Waals surface area contributed by atoms with E-state index < -0.39 is 0 Å². The molecule has 110 valence electrons. The second-order valence-electron chi connectivity index (χ2n) is 4.96. The fourth-order valence-corrected chi connectivity index (χ4v) is 2.49. The monoisotopic (exact) mass is 285 g/mol. The number of nitrogens with zero attached hydrogens (tertiary/aromatic N) is 4. The molecule has 1 aliphatic heterocycles. The van der Waals surface area contributed by atoms with Crippen molar-refractivity contribution >= 4 is 17.5 Å². The second-order valence-corrected chi connectivity index (χ2v) is 4.96. The van der Waals surface area contributed by atoms with E-state index in [1.54, 1.807) is 19.4 Å². The Balaban J connectivity index is 1.67. The molecule has 1 aromatic heterocycles. The first-order chi connectivity index (χ1) is 10.3.